The number of benzene rings is 1. The van der Waals surface area contributed by atoms with E-state index in [9.17, 15) is 9.59 Å². The Labute approximate surface area is 148 Å². The molecule has 0 saturated heterocycles. The number of hydrogen-bond donors (Lipinski definition) is 0. The highest BCUT2D eigenvalue weighted by molar-refractivity contribution is 5.94. The van der Waals surface area contributed by atoms with Gasteiger partial charge in [0.2, 0.25) is 11.8 Å². The van der Waals surface area contributed by atoms with Crippen LogP contribution in [0.25, 0.3) is 0 Å². The third-order valence-electron chi connectivity index (χ3n) is 4.53. The highest BCUT2D eigenvalue weighted by atomic mass is 16.2. The summed E-state index contributed by atoms with van der Waals surface area (Å²) in [6, 6.07) is 13.7. The summed E-state index contributed by atoms with van der Waals surface area (Å²) in [5, 5.41) is 0. The van der Waals surface area contributed by atoms with Gasteiger partial charge in [-0.1, -0.05) is 24.3 Å². The molecule has 0 saturated carbocycles. The summed E-state index contributed by atoms with van der Waals surface area (Å²) < 4.78 is 0. The summed E-state index contributed by atoms with van der Waals surface area (Å²) in [7, 11) is 0. The molecule has 1 aromatic heterocycles. The third kappa shape index (κ3) is 4.24. The molecular formula is C20H23N3O2. The van der Waals surface area contributed by atoms with E-state index in [1.807, 2.05) is 41.3 Å². The van der Waals surface area contributed by atoms with Gasteiger partial charge in [0.15, 0.2) is 0 Å². The zero-order valence-corrected chi connectivity index (χ0v) is 14.5. The Hall–Kier alpha value is -2.69. The Kier molecular flexibility index (Phi) is 5.43. The maximum Gasteiger partial charge on any atom is 0.228 e. The van der Waals surface area contributed by atoms with Gasteiger partial charge in [-0.3, -0.25) is 14.6 Å². The van der Waals surface area contributed by atoms with E-state index >= 15 is 0 Å². The lowest BCUT2D eigenvalue weighted by molar-refractivity contribution is -0.130. The van der Waals surface area contributed by atoms with E-state index in [0.717, 1.165) is 30.8 Å². The highest BCUT2D eigenvalue weighted by Crippen LogP contribution is 2.27. The molecule has 0 fully saturated rings. The zero-order chi connectivity index (χ0) is 17.6. The van der Waals surface area contributed by atoms with Crippen molar-refractivity contribution >= 4 is 17.5 Å². The van der Waals surface area contributed by atoms with E-state index in [1.165, 1.54) is 12.5 Å². The number of hydrogen-bond acceptors (Lipinski definition) is 3. The van der Waals surface area contributed by atoms with Crippen LogP contribution in [-0.4, -0.2) is 34.8 Å². The molecule has 0 bridgehead atoms. The predicted octanol–water partition coefficient (Wildman–Crippen LogP) is 2.80. The molecule has 5 nitrogen and oxygen atoms in total. The van der Waals surface area contributed by atoms with E-state index in [4.69, 9.17) is 0 Å². The topological polar surface area (TPSA) is 53.5 Å². The molecule has 0 unspecified atom stereocenters. The first-order valence-corrected chi connectivity index (χ1v) is 8.69. The average molecular weight is 337 g/mol. The lowest BCUT2D eigenvalue weighted by Gasteiger charge is -2.30. The van der Waals surface area contributed by atoms with E-state index in [1.54, 1.807) is 11.1 Å². The Morgan fingerprint density at radius 2 is 1.96 bits per heavy atom. The molecule has 130 valence electrons. The van der Waals surface area contributed by atoms with Crippen molar-refractivity contribution in [3.63, 3.8) is 0 Å². The Morgan fingerprint density at radius 3 is 2.72 bits per heavy atom. The number of anilines is 1. The molecule has 25 heavy (non-hydrogen) atoms. The van der Waals surface area contributed by atoms with Crippen LogP contribution in [0.3, 0.4) is 0 Å². The molecule has 2 heterocycles. The summed E-state index contributed by atoms with van der Waals surface area (Å²) in [5.41, 5.74) is 3.06. The number of fused-ring (bicyclic) bond motifs is 1. The molecule has 3 rings (SSSR count). The first-order chi connectivity index (χ1) is 12.1. The third-order valence-corrected chi connectivity index (χ3v) is 4.53. The maximum atomic E-state index is 12.7. The van der Waals surface area contributed by atoms with Crippen molar-refractivity contribution in [1.29, 1.82) is 0 Å². The monoisotopic (exact) mass is 337 g/mol. The number of aromatic nitrogens is 1. The first kappa shape index (κ1) is 17.1. The minimum atomic E-state index is -0.0440. The van der Waals surface area contributed by atoms with Crippen LogP contribution in [0.4, 0.5) is 5.69 Å². The van der Waals surface area contributed by atoms with Crippen molar-refractivity contribution in [3.8, 4) is 0 Å². The molecule has 1 aromatic carbocycles. The minimum Gasteiger partial charge on any atom is -0.337 e. The fourth-order valence-electron chi connectivity index (χ4n) is 3.19. The van der Waals surface area contributed by atoms with Crippen molar-refractivity contribution in [1.82, 2.24) is 9.88 Å². The van der Waals surface area contributed by atoms with Gasteiger partial charge in [-0.05, 0) is 36.6 Å². The van der Waals surface area contributed by atoms with Crippen LogP contribution in [0, 0.1) is 0 Å². The molecule has 2 aromatic rings. The number of carbonyl (C=O) groups excluding carboxylic acids is 2. The first-order valence-electron chi connectivity index (χ1n) is 8.69. The van der Waals surface area contributed by atoms with Crippen LogP contribution in [0.2, 0.25) is 0 Å². The summed E-state index contributed by atoms with van der Waals surface area (Å²) in [5.74, 6) is 0.0249. The lowest BCUT2D eigenvalue weighted by atomic mass is 10.0. The van der Waals surface area contributed by atoms with Crippen LogP contribution in [0.15, 0.2) is 48.7 Å². The number of amides is 2. The predicted molar refractivity (Wildman–Crippen MR) is 97.1 cm³/mol. The van der Waals surface area contributed by atoms with E-state index in [2.05, 4.69) is 11.1 Å². The van der Waals surface area contributed by atoms with Gasteiger partial charge in [-0.15, -0.1) is 0 Å². The largest absolute Gasteiger partial charge is 0.337 e. The summed E-state index contributed by atoms with van der Waals surface area (Å²) >= 11 is 0. The molecule has 0 aliphatic carbocycles. The van der Waals surface area contributed by atoms with Crippen LogP contribution in [0.5, 0.6) is 0 Å². The van der Waals surface area contributed by atoms with Crippen LogP contribution >= 0.6 is 0 Å². The standard InChI is InChI=1S/C20H23N3O2/c1-16(24)22(15-18-9-4-5-12-21-18)14-11-20(25)23-13-6-8-17-7-2-3-10-19(17)23/h2-5,7,9-10,12H,6,8,11,13-15H2,1H3. The number of nitrogens with zero attached hydrogens (tertiary/aromatic N) is 3. The number of para-hydroxylation sites is 1. The van der Waals surface area contributed by atoms with Gasteiger partial charge < -0.3 is 9.80 Å². The summed E-state index contributed by atoms with van der Waals surface area (Å²) in [6.45, 7) is 3.11. The fraction of sp³-hybridized carbons (Fsp3) is 0.350. The highest BCUT2D eigenvalue weighted by Gasteiger charge is 2.22. The average Bonchev–Trinajstić information content (AvgIpc) is 2.65. The van der Waals surface area contributed by atoms with Gasteiger partial charge >= 0.3 is 0 Å². The second kappa shape index (κ2) is 7.92. The normalized spacial score (nSPS) is 13.2. The van der Waals surface area contributed by atoms with E-state index in [0.29, 0.717) is 19.5 Å². The summed E-state index contributed by atoms with van der Waals surface area (Å²) in [6.07, 6.45) is 4.02. The molecule has 1 aliphatic heterocycles. The fourth-order valence-corrected chi connectivity index (χ4v) is 3.19. The molecule has 1 aliphatic rings. The molecule has 5 heteroatoms. The second-order valence-electron chi connectivity index (χ2n) is 6.29. The number of pyridine rings is 1. The van der Waals surface area contributed by atoms with Crippen molar-refractivity contribution in [3.05, 3.63) is 59.9 Å². The zero-order valence-electron chi connectivity index (χ0n) is 14.5. The van der Waals surface area contributed by atoms with Crippen LogP contribution in [-0.2, 0) is 22.6 Å². The molecular weight excluding hydrogens is 314 g/mol. The van der Waals surface area contributed by atoms with Gasteiger partial charge in [0.25, 0.3) is 0 Å². The molecule has 0 spiro atoms. The van der Waals surface area contributed by atoms with Gasteiger partial charge in [-0.2, -0.15) is 0 Å². The van der Waals surface area contributed by atoms with Gasteiger partial charge in [-0.25, -0.2) is 0 Å². The number of aryl methyl sites for hydroxylation is 1. The number of carbonyl (C=O) groups is 2. The van der Waals surface area contributed by atoms with Crippen molar-refractivity contribution in [2.75, 3.05) is 18.0 Å². The van der Waals surface area contributed by atoms with E-state index < -0.39 is 0 Å². The smallest absolute Gasteiger partial charge is 0.228 e. The van der Waals surface area contributed by atoms with Crippen molar-refractivity contribution in [2.24, 2.45) is 0 Å². The van der Waals surface area contributed by atoms with E-state index in [-0.39, 0.29) is 11.8 Å². The maximum absolute atomic E-state index is 12.7. The van der Waals surface area contributed by atoms with Gasteiger partial charge in [0.1, 0.15) is 0 Å². The Balaban J connectivity index is 1.63. The van der Waals surface area contributed by atoms with Crippen LogP contribution in [0.1, 0.15) is 31.0 Å². The van der Waals surface area contributed by atoms with Crippen LogP contribution < -0.4 is 4.90 Å². The summed E-state index contributed by atoms with van der Waals surface area (Å²) in [4.78, 5) is 32.4. The molecule has 0 N–H and O–H groups in total. The molecule has 0 atom stereocenters. The van der Waals surface area contributed by atoms with Crippen molar-refractivity contribution in [2.45, 2.75) is 32.7 Å². The number of rotatable bonds is 5. The van der Waals surface area contributed by atoms with Gasteiger partial charge in [0.05, 0.1) is 12.2 Å². The Bertz CT molecular complexity index is 746. The lowest BCUT2D eigenvalue weighted by Crippen LogP contribution is -2.38. The molecule has 0 radical (unpaired) electrons. The quantitative estimate of drug-likeness (QED) is 0.843. The molecule has 2 amide bonds. The van der Waals surface area contributed by atoms with Crippen molar-refractivity contribution < 1.29 is 9.59 Å². The minimum absolute atomic E-state index is 0.0440. The van der Waals surface area contributed by atoms with Gasteiger partial charge in [0, 0.05) is 38.3 Å². The Morgan fingerprint density at radius 1 is 1.16 bits per heavy atom. The second-order valence-corrected chi connectivity index (χ2v) is 6.29. The SMILES string of the molecule is CC(=O)N(CCC(=O)N1CCCc2ccccc21)Cc1ccccn1.